The molecule has 1 rings (SSSR count). The van der Waals surface area contributed by atoms with Gasteiger partial charge >= 0.3 is 0 Å². The molecule has 1 unspecified atom stereocenters. The predicted octanol–water partition coefficient (Wildman–Crippen LogP) is 0.950. The van der Waals surface area contributed by atoms with Crippen molar-refractivity contribution in [3.05, 3.63) is 0 Å². The normalized spacial score (nSPS) is 24.0. The van der Waals surface area contributed by atoms with Crippen LogP contribution >= 0.6 is 0 Å². The van der Waals surface area contributed by atoms with Crippen molar-refractivity contribution in [2.45, 2.75) is 32.4 Å². The van der Waals surface area contributed by atoms with Crippen LogP contribution in [0.5, 0.6) is 0 Å². The third-order valence-electron chi connectivity index (χ3n) is 2.37. The van der Waals surface area contributed by atoms with Crippen LogP contribution in [0.2, 0.25) is 0 Å². The van der Waals surface area contributed by atoms with Gasteiger partial charge in [0.2, 0.25) is 0 Å². The van der Waals surface area contributed by atoms with Crippen LogP contribution in [0, 0.1) is 0 Å². The average Bonchev–Trinajstić information content (AvgIpc) is 2.14. The summed E-state index contributed by atoms with van der Waals surface area (Å²) in [6.45, 7) is 6.47. The first-order valence-corrected chi connectivity index (χ1v) is 5.43. The van der Waals surface area contributed by atoms with E-state index in [1.165, 1.54) is 0 Å². The van der Waals surface area contributed by atoms with Gasteiger partial charge in [-0.05, 0) is 0 Å². The Morgan fingerprint density at radius 3 is 2.80 bits per heavy atom. The SMILES string of the molecule is CC(C)NCC1CN(CC(F)F)CCO1. The molecule has 15 heavy (non-hydrogen) atoms. The number of nitrogens with one attached hydrogen (secondary N) is 1. The minimum absolute atomic E-state index is 0.0416. The van der Waals surface area contributed by atoms with Crippen molar-refractivity contribution < 1.29 is 13.5 Å². The number of ether oxygens (including phenoxy) is 1. The quantitative estimate of drug-likeness (QED) is 0.749. The van der Waals surface area contributed by atoms with Crippen molar-refractivity contribution in [3.8, 4) is 0 Å². The Kier molecular flexibility index (Phi) is 5.42. The van der Waals surface area contributed by atoms with E-state index in [4.69, 9.17) is 4.74 Å². The summed E-state index contributed by atoms with van der Waals surface area (Å²) in [5.74, 6) is 0. The van der Waals surface area contributed by atoms with Gasteiger partial charge < -0.3 is 10.1 Å². The van der Waals surface area contributed by atoms with Crippen LogP contribution in [0.3, 0.4) is 0 Å². The molecule has 1 saturated heterocycles. The molecule has 3 nitrogen and oxygen atoms in total. The van der Waals surface area contributed by atoms with Crippen molar-refractivity contribution in [3.63, 3.8) is 0 Å². The summed E-state index contributed by atoms with van der Waals surface area (Å²) >= 11 is 0. The molecule has 0 radical (unpaired) electrons. The van der Waals surface area contributed by atoms with Crippen molar-refractivity contribution in [1.29, 1.82) is 0 Å². The summed E-state index contributed by atoms with van der Waals surface area (Å²) in [5, 5.41) is 3.25. The third-order valence-corrected chi connectivity index (χ3v) is 2.37. The number of hydrogen-bond donors (Lipinski definition) is 1. The van der Waals surface area contributed by atoms with Crippen LogP contribution in [-0.4, -0.2) is 56.3 Å². The Morgan fingerprint density at radius 2 is 2.20 bits per heavy atom. The molecule has 0 amide bonds. The van der Waals surface area contributed by atoms with Crippen molar-refractivity contribution in [2.24, 2.45) is 0 Å². The van der Waals surface area contributed by atoms with E-state index in [-0.39, 0.29) is 12.6 Å². The molecule has 0 spiro atoms. The lowest BCUT2D eigenvalue weighted by Crippen LogP contribution is -2.48. The molecule has 90 valence electrons. The maximum Gasteiger partial charge on any atom is 0.251 e. The second-order valence-corrected chi connectivity index (χ2v) is 4.21. The predicted molar refractivity (Wildman–Crippen MR) is 55.3 cm³/mol. The lowest BCUT2D eigenvalue weighted by atomic mass is 10.2. The lowest BCUT2D eigenvalue weighted by molar-refractivity contribution is -0.0438. The second kappa shape index (κ2) is 6.35. The van der Waals surface area contributed by atoms with Crippen LogP contribution in [-0.2, 0) is 4.74 Å². The largest absolute Gasteiger partial charge is 0.374 e. The number of alkyl halides is 2. The summed E-state index contributed by atoms with van der Waals surface area (Å²) in [6, 6.07) is 0.402. The van der Waals surface area contributed by atoms with Gasteiger partial charge in [-0.15, -0.1) is 0 Å². The molecule has 0 aromatic heterocycles. The van der Waals surface area contributed by atoms with Crippen molar-refractivity contribution in [1.82, 2.24) is 10.2 Å². The van der Waals surface area contributed by atoms with Crippen molar-refractivity contribution in [2.75, 3.05) is 32.8 Å². The van der Waals surface area contributed by atoms with Crippen LogP contribution in [0.4, 0.5) is 8.78 Å². The Morgan fingerprint density at radius 1 is 1.47 bits per heavy atom. The van der Waals surface area contributed by atoms with E-state index in [0.717, 1.165) is 6.54 Å². The molecule has 1 N–H and O–H groups in total. The van der Waals surface area contributed by atoms with Crippen LogP contribution in [0.1, 0.15) is 13.8 Å². The van der Waals surface area contributed by atoms with E-state index in [9.17, 15) is 8.78 Å². The topological polar surface area (TPSA) is 24.5 Å². The zero-order valence-electron chi connectivity index (χ0n) is 9.38. The van der Waals surface area contributed by atoms with Gasteiger partial charge in [0.25, 0.3) is 6.43 Å². The molecule has 0 aromatic rings. The standard InChI is InChI=1S/C10H20F2N2O/c1-8(2)13-5-9-6-14(3-4-15-9)7-10(11)12/h8-10,13H,3-7H2,1-2H3. The van der Waals surface area contributed by atoms with E-state index in [2.05, 4.69) is 19.2 Å². The van der Waals surface area contributed by atoms with Gasteiger partial charge in [0.1, 0.15) is 0 Å². The van der Waals surface area contributed by atoms with Gasteiger partial charge in [-0.1, -0.05) is 13.8 Å². The maximum atomic E-state index is 12.2. The van der Waals surface area contributed by atoms with Gasteiger partial charge in [0, 0.05) is 25.7 Å². The highest BCUT2D eigenvalue weighted by Gasteiger charge is 2.22. The van der Waals surface area contributed by atoms with Crippen LogP contribution in [0.15, 0.2) is 0 Å². The first-order valence-electron chi connectivity index (χ1n) is 5.43. The Labute approximate surface area is 89.8 Å². The zero-order valence-corrected chi connectivity index (χ0v) is 9.38. The van der Waals surface area contributed by atoms with E-state index < -0.39 is 6.43 Å². The monoisotopic (exact) mass is 222 g/mol. The number of nitrogens with zero attached hydrogens (tertiary/aromatic N) is 1. The van der Waals surface area contributed by atoms with E-state index in [0.29, 0.717) is 25.7 Å². The van der Waals surface area contributed by atoms with E-state index in [1.807, 2.05) is 0 Å². The lowest BCUT2D eigenvalue weighted by Gasteiger charge is -2.33. The number of morpholine rings is 1. The fourth-order valence-corrected chi connectivity index (χ4v) is 1.63. The molecule has 0 aliphatic carbocycles. The number of hydrogen-bond acceptors (Lipinski definition) is 3. The van der Waals surface area contributed by atoms with Gasteiger partial charge in [0.15, 0.2) is 0 Å². The highest BCUT2D eigenvalue weighted by molar-refractivity contribution is 4.74. The molecule has 1 atom stereocenters. The molecule has 0 bridgehead atoms. The van der Waals surface area contributed by atoms with Crippen LogP contribution < -0.4 is 5.32 Å². The molecule has 0 saturated carbocycles. The third kappa shape index (κ3) is 5.39. The molecule has 1 fully saturated rings. The maximum absolute atomic E-state index is 12.2. The Bertz CT molecular complexity index is 179. The van der Waals surface area contributed by atoms with Crippen LogP contribution in [0.25, 0.3) is 0 Å². The highest BCUT2D eigenvalue weighted by Crippen LogP contribution is 2.07. The fraction of sp³-hybridized carbons (Fsp3) is 1.00. The Hall–Kier alpha value is -0.260. The van der Waals surface area contributed by atoms with E-state index >= 15 is 0 Å². The molecular weight excluding hydrogens is 202 g/mol. The highest BCUT2D eigenvalue weighted by atomic mass is 19.3. The fourth-order valence-electron chi connectivity index (χ4n) is 1.63. The summed E-state index contributed by atoms with van der Waals surface area (Å²) in [5.41, 5.74) is 0. The summed E-state index contributed by atoms with van der Waals surface area (Å²) in [6.07, 6.45) is -2.21. The minimum Gasteiger partial charge on any atom is -0.374 e. The van der Waals surface area contributed by atoms with Gasteiger partial charge in [-0.25, -0.2) is 8.78 Å². The summed E-state index contributed by atoms with van der Waals surface area (Å²) < 4.78 is 29.8. The summed E-state index contributed by atoms with van der Waals surface area (Å²) in [4.78, 5) is 1.76. The van der Waals surface area contributed by atoms with Gasteiger partial charge in [-0.3, -0.25) is 4.90 Å². The second-order valence-electron chi connectivity index (χ2n) is 4.21. The molecule has 1 aliphatic heterocycles. The van der Waals surface area contributed by atoms with E-state index in [1.54, 1.807) is 4.90 Å². The van der Waals surface area contributed by atoms with Gasteiger partial charge in [0.05, 0.1) is 19.3 Å². The number of rotatable bonds is 5. The summed E-state index contributed by atoms with van der Waals surface area (Å²) in [7, 11) is 0. The molecular formula is C10H20F2N2O. The minimum atomic E-state index is -2.25. The molecule has 5 heteroatoms. The molecule has 1 aliphatic rings. The number of halogens is 2. The molecule has 0 aromatic carbocycles. The first kappa shape index (κ1) is 12.8. The zero-order chi connectivity index (χ0) is 11.3. The first-order chi connectivity index (χ1) is 7.08. The smallest absolute Gasteiger partial charge is 0.251 e. The molecule has 1 heterocycles. The average molecular weight is 222 g/mol. The van der Waals surface area contributed by atoms with Crippen molar-refractivity contribution >= 4 is 0 Å². The van der Waals surface area contributed by atoms with Gasteiger partial charge in [-0.2, -0.15) is 0 Å². The Balaban J connectivity index is 2.23.